The molecule has 1 unspecified atom stereocenters. The molecule has 0 aromatic carbocycles. The van der Waals surface area contributed by atoms with Gasteiger partial charge < -0.3 is 0 Å². The van der Waals surface area contributed by atoms with Crippen molar-refractivity contribution < 1.29 is 4.79 Å². The van der Waals surface area contributed by atoms with Gasteiger partial charge in [-0.15, -0.1) is 0 Å². The Morgan fingerprint density at radius 2 is 2.45 bits per heavy atom. The van der Waals surface area contributed by atoms with Gasteiger partial charge in [0, 0.05) is 5.25 Å². The van der Waals surface area contributed by atoms with Crippen LogP contribution >= 0.6 is 11.9 Å². The van der Waals surface area contributed by atoms with Crippen molar-refractivity contribution in [3.8, 4) is 0 Å². The van der Waals surface area contributed by atoms with E-state index in [0.29, 0.717) is 0 Å². The van der Waals surface area contributed by atoms with Crippen molar-refractivity contribution in [1.29, 1.82) is 0 Å². The molecule has 2 atom stereocenters. The van der Waals surface area contributed by atoms with E-state index in [-0.39, 0.29) is 11.0 Å². The Kier molecular flexibility index (Phi) is 2.54. The van der Waals surface area contributed by atoms with Crippen molar-refractivity contribution in [2.45, 2.75) is 24.1 Å². The van der Waals surface area contributed by atoms with Gasteiger partial charge in [-0.1, -0.05) is 11.9 Å². The van der Waals surface area contributed by atoms with Gasteiger partial charge in [-0.25, -0.2) is 5.43 Å². The topological polar surface area (TPSA) is 67.2 Å². The number of hydrogen-bond donors (Lipinski definition) is 3. The Labute approximate surface area is 70.4 Å². The first-order chi connectivity index (χ1) is 5.17. The molecule has 1 saturated carbocycles. The average molecular weight is 175 g/mol. The first kappa shape index (κ1) is 8.99. The standard InChI is InChI=1S/C6H13N3OS/c1-4(10)6(9-7)3-5(6)11-8-2/h5,8-9H,3,7H2,1-2H3/t5?,6-/m1/s1. The lowest BCUT2D eigenvalue weighted by Gasteiger charge is -2.10. The molecule has 0 aromatic rings. The lowest BCUT2D eigenvalue weighted by atomic mass is 10.2. The zero-order valence-electron chi connectivity index (χ0n) is 6.68. The Balaban J connectivity index is 2.49. The fraction of sp³-hybridized carbons (Fsp3) is 0.833. The summed E-state index contributed by atoms with van der Waals surface area (Å²) in [6, 6.07) is 0. The number of carbonyl (C=O) groups is 1. The van der Waals surface area contributed by atoms with Crippen LogP contribution in [0.25, 0.3) is 0 Å². The quantitative estimate of drug-likeness (QED) is 0.303. The Morgan fingerprint density at radius 3 is 2.73 bits per heavy atom. The van der Waals surface area contributed by atoms with Crippen molar-refractivity contribution in [3.05, 3.63) is 0 Å². The number of carbonyl (C=O) groups excluding carboxylic acids is 1. The van der Waals surface area contributed by atoms with Crippen LogP contribution in [0.1, 0.15) is 13.3 Å². The molecule has 0 heterocycles. The molecule has 0 aliphatic heterocycles. The molecule has 4 N–H and O–H groups in total. The van der Waals surface area contributed by atoms with E-state index in [1.54, 1.807) is 18.9 Å². The Bertz CT molecular complexity index is 175. The minimum atomic E-state index is -0.451. The number of ketones is 1. The van der Waals surface area contributed by atoms with Crippen LogP contribution in [0.3, 0.4) is 0 Å². The fourth-order valence-corrected chi connectivity index (χ4v) is 2.21. The van der Waals surface area contributed by atoms with Gasteiger partial charge in [0.25, 0.3) is 0 Å². The normalized spacial score (nSPS) is 35.4. The molecular formula is C6H13N3OS. The minimum Gasteiger partial charge on any atom is -0.298 e. The lowest BCUT2D eigenvalue weighted by Crippen LogP contribution is -2.45. The van der Waals surface area contributed by atoms with Crippen LogP contribution in [0.4, 0.5) is 0 Å². The molecule has 1 aliphatic carbocycles. The van der Waals surface area contributed by atoms with E-state index < -0.39 is 5.54 Å². The summed E-state index contributed by atoms with van der Waals surface area (Å²) in [6.07, 6.45) is 0.824. The summed E-state index contributed by atoms with van der Waals surface area (Å²) in [4.78, 5) is 11.1. The molecule has 0 bridgehead atoms. The van der Waals surface area contributed by atoms with Crippen molar-refractivity contribution in [2.75, 3.05) is 7.05 Å². The molecule has 0 aromatic heterocycles. The lowest BCUT2D eigenvalue weighted by molar-refractivity contribution is -0.119. The van der Waals surface area contributed by atoms with Gasteiger partial charge in [0.2, 0.25) is 0 Å². The summed E-state index contributed by atoms with van der Waals surface area (Å²) in [5, 5.41) is 0.287. The molecule has 1 aliphatic rings. The molecule has 1 fully saturated rings. The van der Waals surface area contributed by atoms with Crippen LogP contribution < -0.4 is 16.0 Å². The Morgan fingerprint density at radius 1 is 1.82 bits per heavy atom. The molecule has 1 rings (SSSR count). The predicted octanol–water partition coefficient (Wildman–Crippen LogP) is -0.583. The molecule has 5 heteroatoms. The Hall–Kier alpha value is -0.100. The molecule has 11 heavy (non-hydrogen) atoms. The summed E-state index contributed by atoms with van der Waals surface area (Å²) >= 11 is 1.54. The van der Waals surface area contributed by atoms with Crippen molar-refractivity contribution >= 4 is 17.7 Å². The third-order valence-electron chi connectivity index (χ3n) is 2.04. The maximum absolute atomic E-state index is 11.1. The van der Waals surface area contributed by atoms with Gasteiger partial charge >= 0.3 is 0 Å². The molecule has 4 nitrogen and oxygen atoms in total. The molecule has 0 spiro atoms. The van der Waals surface area contributed by atoms with E-state index in [2.05, 4.69) is 10.1 Å². The summed E-state index contributed by atoms with van der Waals surface area (Å²) in [5.74, 6) is 5.40. The zero-order valence-corrected chi connectivity index (χ0v) is 7.49. The second-order valence-electron chi connectivity index (χ2n) is 2.69. The largest absolute Gasteiger partial charge is 0.298 e. The number of hydrazine groups is 1. The summed E-state index contributed by atoms with van der Waals surface area (Å²) in [7, 11) is 1.84. The molecule has 0 amide bonds. The maximum Gasteiger partial charge on any atom is 0.152 e. The first-order valence-electron chi connectivity index (χ1n) is 3.48. The van der Waals surface area contributed by atoms with Gasteiger partial charge in [0.15, 0.2) is 5.78 Å². The smallest absolute Gasteiger partial charge is 0.152 e. The minimum absolute atomic E-state index is 0.118. The third kappa shape index (κ3) is 1.41. The second kappa shape index (κ2) is 3.10. The van der Waals surface area contributed by atoms with Gasteiger partial charge in [0.1, 0.15) is 5.54 Å². The van der Waals surface area contributed by atoms with Crippen LogP contribution in [0.2, 0.25) is 0 Å². The van der Waals surface area contributed by atoms with Gasteiger partial charge in [-0.05, 0) is 20.4 Å². The summed E-state index contributed by atoms with van der Waals surface area (Å²) in [5.41, 5.74) is 2.13. The highest BCUT2D eigenvalue weighted by atomic mass is 32.2. The predicted molar refractivity (Wildman–Crippen MR) is 45.8 cm³/mol. The monoisotopic (exact) mass is 175 g/mol. The van der Waals surface area contributed by atoms with Crippen molar-refractivity contribution in [3.63, 3.8) is 0 Å². The highest BCUT2D eigenvalue weighted by Gasteiger charge is 2.58. The highest BCUT2D eigenvalue weighted by molar-refractivity contribution is 7.98. The first-order valence-corrected chi connectivity index (χ1v) is 4.36. The van der Waals surface area contributed by atoms with Crippen LogP contribution in [0.5, 0.6) is 0 Å². The SMILES string of the molecule is CNSC1C[C@@]1(NN)C(C)=O. The molecule has 64 valence electrons. The third-order valence-corrected chi connectivity index (χ3v) is 3.13. The number of Topliss-reactive ketones (excluding diaryl/α,β-unsaturated/α-hetero) is 1. The van der Waals surface area contributed by atoms with E-state index >= 15 is 0 Å². The molecule has 0 radical (unpaired) electrons. The van der Waals surface area contributed by atoms with Crippen LogP contribution in [-0.4, -0.2) is 23.6 Å². The van der Waals surface area contributed by atoms with Crippen molar-refractivity contribution in [2.24, 2.45) is 5.84 Å². The van der Waals surface area contributed by atoms with E-state index in [0.717, 1.165) is 6.42 Å². The number of nitrogens with one attached hydrogen (secondary N) is 2. The van der Waals surface area contributed by atoms with Gasteiger partial charge in [-0.2, -0.15) is 0 Å². The zero-order chi connectivity index (χ0) is 8.48. The fourth-order valence-electron chi connectivity index (χ4n) is 1.14. The van der Waals surface area contributed by atoms with Gasteiger partial charge in [0.05, 0.1) is 0 Å². The number of hydrogen-bond acceptors (Lipinski definition) is 5. The van der Waals surface area contributed by atoms with Gasteiger partial charge in [-0.3, -0.25) is 15.4 Å². The highest BCUT2D eigenvalue weighted by Crippen LogP contribution is 2.44. The average Bonchev–Trinajstić information content (AvgIpc) is 2.65. The van der Waals surface area contributed by atoms with E-state index in [9.17, 15) is 4.79 Å². The summed E-state index contributed by atoms with van der Waals surface area (Å²) < 4.78 is 2.94. The number of nitrogens with two attached hydrogens (primary N) is 1. The number of rotatable bonds is 4. The van der Waals surface area contributed by atoms with E-state index in [4.69, 9.17) is 5.84 Å². The van der Waals surface area contributed by atoms with Crippen LogP contribution in [0.15, 0.2) is 0 Å². The van der Waals surface area contributed by atoms with E-state index in [1.165, 1.54) is 0 Å². The van der Waals surface area contributed by atoms with Crippen molar-refractivity contribution in [1.82, 2.24) is 10.1 Å². The maximum atomic E-state index is 11.1. The van der Waals surface area contributed by atoms with Crippen LogP contribution in [0, 0.1) is 0 Å². The van der Waals surface area contributed by atoms with Crippen LogP contribution in [-0.2, 0) is 4.79 Å². The molecular weight excluding hydrogens is 162 g/mol. The second-order valence-corrected chi connectivity index (χ2v) is 3.90. The summed E-state index contributed by atoms with van der Waals surface area (Å²) in [6.45, 7) is 1.57. The van der Waals surface area contributed by atoms with E-state index in [1.807, 2.05) is 7.05 Å². The molecule has 0 saturated heterocycles.